The summed E-state index contributed by atoms with van der Waals surface area (Å²) in [5.41, 5.74) is 1.12. The van der Waals surface area contributed by atoms with Crippen LogP contribution in [0.15, 0.2) is 71.8 Å². The molecule has 1 heterocycles. The number of fused-ring (bicyclic) bond motifs is 1. The van der Waals surface area contributed by atoms with E-state index in [2.05, 4.69) is 18.2 Å². The van der Waals surface area contributed by atoms with E-state index in [-0.39, 0.29) is 5.43 Å². The van der Waals surface area contributed by atoms with Gasteiger partial charge in [-0.2, -0.15) is 0 Å². The van der Waals surface area contributed by atoms with Crippen molar-refractivity contribution in [2.75, 3.05) is 0 Å². The SMILES string of the molecule is O=c1ccn(-c2cccc3ccccc23)cc1. The van der Waals surface area contributed by atoms with Gasteiger partial charge in [0.2, 0.25) is 0 Å². The maximum absolute atomic E-state index is 11.1. The van der Waals surface area contributed by atoms with Gasteiger partial charge >= 0.3 is 0 Å². The summed E-state index contributed by atoms with van der Waals surface area (Å²) >= 11 is 0. The second-order valence-electron chi connectivity index (χ2n) is 3.94. The van der Waals surface area contributed by atoms with Gasteiger partial charge < -0.3 is 4.57 Å². The van der Waals surface area contributed by atoms with Gasteiger partial charge in [-0.1, -0.05) is 36.4 Å². The van der Waals surface area contributed by atoms with Crippen molar-refractivity contribution in [3.05, 3.63) is 77.2 Å². The van der Waals surface area contributed by atoms with Crippen LogP contribution in [0.4, 0.5) is 0 Å². The molecule has 0 aliphatic rings. The van der Waals surface area contributed by atoms with Crippen LogP contribution in [-0.2, 0) is 0 Å². The molecule has 0 radical (unpaired) electrons. The third-order valence-electron chi connectivity index (χ3n) is 2.84. The minimum Gasteiger partial charge on any atom is -0.323 e. The Labute approximate surface area is 98.8 Å². The highest BCUT2D eigenvalue weighted by molar-refractivity contribution is 5.90. The Balaban J connectivity index is 2.30. The van der Waals surface area contributed by atoms with Gasteiger partial charge in [-0.15, -0.1) is 0 Å². The van der Waals surface area contributed by atoms with Crippen molar-refractivity contribution in [3.8, 4) is 5.69 Å². The lowest BCUT2D eigenvalue weighted by molar-refractivity contribution is 1.05. The second kappa shape index (κ2) is 3.91. The Morgan fingerprint density at radius 2 is 1.47 bits per heavy atom. The monoisotopic (exact) mass is 221 g/mol. The lowest BCUT2D eigenvalue weighted by Crippen LogP contribution is -2.01. The fourth-order valence-electron chi connectivity index (χ4n) is 2.01. The topological polar surface area (TPSA) is 22.0 Å². The number of hydrogen-bond acceptors (Lipinski definition) is 1. The number of aromatic nitrogens is 1. The molecule has 0 saturated heterocycles. The number of rotatable bonds is 1. The summed E-state index contributed by atoms with van der Waals surface area (Å²) in [6.07, 6.45) is 3.59. The van der Waals surface area contributed by atoms with Crippen LogP contribution in [-0.4, -0.2) is 4.57 Å². The van der Waals surface area contributed by atoms with E-state index in [1.807, 2.05) is 28.8 Å². The van der Waals surface area contributed by atoms with Gasteiger partial charge in [-0.25, -0.2) is 0 Å². The minimum atomic E-state index is 0.0292. The molecule has 82 valence electrons. The smallest absolute Gasteiger partial charge is 0.181 e. The Morgan fingerprint density at radius 3 is 2.29 bits per heavy atom. The number of benzene rings is 2. The maximum Gasteiger partial charge on any atom is 0.181 e. The van der Waals surface area contributed by atoms with E-state index < -0.39 is 0 Å². The molecule has 2 aromatic carbocycles. The van der Waals surface area contributed by atoms with Crippen LogP contribution in [0.5, 0.6) is 0 Å². The summed E-state index contributed by atoms with van der Waals surface area (Å²) in [6, 6.07) is 17.5. The maximum atomic E-state index is 11.1. The quantitative estimate of drug-likeness (QED) is 0.619. The predicted octanol–water partition coefficient (Wildman–Crippen LogP) is 2.99. The van der Waals surface area contributed by atoms with Gasteiger partial charge in [0.25, 0.3) is 0 Å². The molecule has 0 aliphatic heterocycles. The summed E-state index contributed by atoms with van der Waals surface area (Å²) in [5, 5.41) is 2.38. The summed E-state index contributed by atoms with van der Waals surface area (Å²) in [4.78, 5) is 11.1. The molecule has 3 aromatic rings. The van der Waals surface area contributed by atoms with E-state index in [4.69, 9.17) is 0 Å². The van der Waals surface area contributed by atoms with Crippen LogP contribution in [0.1, 0.15) is 0 Å². The third kappa shape index (κ3) is 1.74. The zero-order valence-corrected chi connectivity index (χ0v) is 9.21. The summed E-state index contributed by atoms with van der Waals surface area (Å²) < 4.78 is 1.96. The fraction of sp³-hybridized carbons (Fsp3) is 0. The molecule has 0 atom stereocenters. The van der Waals surface area contributed by atoms with Gasteiger partial charge in [0.05, 0.1) is 5.69 Å². The van der Waals surface area contributed by atoms with E-state index in [9.17, 15) is 4.79 Å². The molecule has 0 bridgehead atoms. The summed E-state index contributed by atoms with van der Waals surface area (Å²) in [5.74, 6) is 0. The van der Waals surface area contributed by atoms with E-state index >= 15 is 0 Å². The normalized spacial score (nSPS) is 10.6. The van der Waals surface area contributed by atoms with E-state index in [1.165, 1.54) is 10.8 Å². The van der Waals surface area contributed by atoms with E-state index in [0.717, 1.165) is 5.69 Å². The van der Waals surface area contributed by atoms with Gasteiger partial charge in [0, 0.05) is 29.9 Å². The van der Waals surface area contributed by atoms with Crippen molar-refractivity contribution in [1.29, 1.82) is 0 Å². The molecule has 2 heteroatoms. The second-order valence-corrected chi connectivity index (χ2v) is 3.94. The highest BCUT2D eigenvalue weighted by Gasteiger charge is 2.00. The van der Waals surface area contributed by atoms with Crippen molar-refractivity contribution in [1.82, 2.24) is 4.57 Å². The Bertz CT molecular complexity index is 702. The number of hydrogen-bond donors (Lipinski definition) is 0. The highest BCUT2D eigenvalue weighted by atomic mass is 16.1. The Hall–Kier alpha value is -2.35. The van der Waals surface area contributed by atoms with Gasteiger partial charge in [-0.3, -0.25) is 4.79 Å². The molecule has 0 fully saturated rings. The average molecular weight is 221 g/mol. The molecule has 3 rings (SSSR count). The average Bonchev–Trinajstić information content (AvgIpc) is 2.39. The van der Waals surface area contributed by atoms with Crippen molar-refractivity contribution >= 4 is 10.8 Å². The molecule has 1 aromatic heterocycles. The zero-order valence-electron chi connectivity index (χ0n) is 9.21. The molecule has 0 aliphatic carbocycles. The Morgan fingerprint density at radius 1 is 0.765 bits per heavy atom. The molecule has 0 amide bonds. The Kier molecular flexibility index (Phi) is 2.26. The molecule has 2 nitrogen and oxygen atoms in total. The predicted molar refractivity (Wildman–Crippen MR) is 69.5 cm³/mol. The highest BCUT2D eigenvalue weighted by Crippen LogP contribution is 2.21. The van der Waals surface area contributed by atoms with Crippen LogP contribution < -0.4 is 5.43 Å². The first-order chi connectivity index (χ1) is 8.34. The first kappa shape index (κ1) is 9.85. The van der Waals surface area contributed by atoms with Crippen LogP contribution in [0.3, 0.4) is 0 Å². The van der Waals surface area contributed by atoms with E-state index in [0.29, 0.717) is 0 Å². The van der Waals surface area contributed by atoms with Crippen molar-refractivity contribution in [2.24, 2.45) is 0 Å². The summed E-state index contributed by atoms with van der Waals surface area (Å²) in [6.45, 7) is 0. The van der Waals surface area contributed by atoms with Crippen molar-refractivity contribution < 1.29 is 0 Å². The van der Waals surface area contributed by atoms with Crippen LogP contribution in [0, 0.1) is 0 Å². The molecule has 17 heavy (non-hydrogen) atoms. The molecule has 0 N–H and O–H groups in total. The first-order valence-corrected chi connectivity index (χ1v) is 5.51. The van der Waals surface area contributed by atoms with Crippen LogP contribution >= 0.6 is 0 Å². The van der Waals surface area contributed by atoms with Gasteiger partial charge in [-0.05, 0) is 11.5 Å². The lowest BCUT2D eigenvalue weighted by atomic mass is 10.1. The fourth-order valence-corrected chi connectivity index (χ4v) is 2.01. The standard InChI is InChI=1S/C15H11NO/c17-13-8-10-16(11-9-13)15-7-3-5-12-4-1-2-6-14(12)15/h1-11H. The third-order valence-corrected chi connectivity index (χ3v) is 2.84. The van der Waals surface area contributed by atoms with Crippen molar-refractivity contribution in [2.45, 2.75) is 0 Å². The first-order valence-electron chi connectivity index (χ1n) is 5.51. The van der Waals surface area contributed by atoms with Gasteiger partial charge in [0.15, 0.2) is 5.43 Å². The van der Waals surface area contributed by atoms with Crippen molar-refractivity contribution in [3.63, 3.8) is 0 Å². The van der Waals surface area contributed by atoms with E-state index in [1.54, 1.807) is 24.5 Å². The molecular formula is C15H11NO. The van der Waals surface area contributed by atoms with Crippen LogP contribution in [0.25, 0.3) is 16.5 Å². The van der Waals surface area contributed by atoms with Gasteiger partial charge in [0.1, 0.15) is 0 Å². The van der Waals surface area contributed by atoms with Crippen LogP contribution in [0.2, 0.25) is 0 Å². The molecule has 0 saturated carbocycles. The molecule has 0 spiro atoms. The zero-order chi connectivity index (χ0) is 11.7. The lowest BCUT2D eigenvalue weighted by Gasteiger charge is -2.09. The number of nitrogens with zero attached hydrogens (tertiary/aromatic N) is 1. The molecular weight excluding hydrogens is 210 g/mol. The minimum absolute atomic E-state index is 0.0292. The number of pyridine rings is 1. The summed E-state index contributed by atoms with van der Waals surface area (Å²) in [7, 11) is 0. The molecule has 0 unspecified atom stereocenters. The largest absolute Gasteiger partial charge is 0.323 e.